The number of aryl methyl sites for hydroxylation is 2. The molecule has 1 amide bonds. The Hall–Kier alpha value is -2.31. The average Bonchev–Trinajstić information content (AvgIpc) is 3.22. The lowest BCUT2D eigenvalue weighted by Gasteiger charge is -2.34. The first kappa shape index (κ1) is 19.6. The molecule has 0 radical (unpaired) electrons. The highest BCUT2D eigenvalue weighted by atomic mass is 35.5. The molecule has 1 aliphatic heterocycles. The van der Waals surface area contributed by atoms with Crippen LogP contribution in [0.2, 0.25) is 5.02 Å². The van der Waals surface area contributed by atoms with E-state index in [-0.39, 0.29) is 5.91 Å². The number of hydrogen-bond donors (Lipinski definition) is 0. The number of methoxy groups -OCH3 is 1. The number of anilines is 1. The fourth-order valence-corrected chi connectivity index (χ4v) is 5.66. The maximum absolute atomic E-state index is 13.1. The molecule has 1 aliphatic carbocycles. The van der Waals surface area contributed by atoms with Gasteiger partial charge in [0.15, 0.2) is 10.9 Å². The molecular formula is C23H24ClN3O2S. The van der Waals surface area contributed by atoms with Crippen molar-refractivity contribution in [2.75, 3.05) is 38.2 Å². The van der Waals surface area contributed by atoms with Gasteiger partial charge in [-0.1, -0.05) is 29.0 Å². The molecule has 0 N–H and O–H groups in total. The Balaban J connectivity index is 1.29. The summed E-state index contributed by atoms with van der Waals surface area (Å²) in [5.74, 6) is 0.763. The van der Waals surface area contributed by atoms with Gasteiger partial charge in [-0.2, -0.15) is 0 Å². The van der Waals surface area contributed by atoms with Crippen LogP contribution in [-0.2, 0) is 12.8 Å². The highest BCUT2D eigenvalue weighted by Gasteiger charge is 2.25. The number of fused-ring (bicyclic) bond motifs is 2. The smallest absolute Gasteiger partial charge is 0.253 e. The van der Waals surface area contributed by atoms with Crippen molar-refractivity contribution in [1.82, 2.24) is 9.88 Å². The Bertz CT molecular complexity index is 1110. The molecule has 0 unspecified atom stereocenters. The molecule has 0 spiro atoms. The molecule has 5 nitrogen and oxygen atoms in total. The molecule has 1 aromatic heterocycles. The molecule has 5 rings (SSSR count). The molecule has 3 aromatic rings. The van der Waals surface area contributed by atoms with E-state index < -0.39 is 0 Å². The van der Waals surface area contributed by atoms with E-state index in [9.17, 15) is 4.79 Å². The minimum atomic E-state index is 0.140. The molecular weight excluding hydrogens is 418 g/mol. The van der Waals surface area contributed by atoms with Crippen LogP contribution in [0, 0.1) is 0 Å². The lowest BCUT2D eigenvalue weighted by molar-refractivity contribution is 0.0746. The Morgan fingerprint density at radius 3 is 2.60 bits per heavy atom. The third-order valence-electron chi connectivity index (χ3n) is 6.09. The molecule has 2 heterocycles. The van der Waals surface area contributed by atoms with Gasteiger partial charge in [0, 0.05) is 31.7 Å². The van der Waals surface area contributed by atoms with Crippen molar-refractivity contribution >= 4 is 44.2 Å². The second-order valence-corrected chi connectivity index (χ2v) is 9.31. The number of carbonyl (C=O) groups excluding carboxylic acids is 1. The first-order valence-electron chi connectivity index (χ1n) is 10.4. The van der Waals surface area contributed by atoms with E-state index in [1.54, 1.807) is 18.4 Å². The molecule has 1 saturated heterocycles. The molecule has 1 fully saturated rings. The maximum Gasteiger partial charge on any atom is 0.253 e. The first-order chi connectivity index (χ1) is 14.6. The van der Waals surface area contributed by atoms with E-state index >= 15 is 0 Å². The number of nitrogens with zero attached hydrogens (tertiary/aromatic N) is 3. The van der Waals surface area contributed by atoms with Gasteiger partial charge in [0.25, 0.3) is 5.91 Å². The quantitative estimate of drug-likeness (QED) is 0.585. The van der Waals surface area contributed by atoms with Crippen molar-refractivity contribution in [3.63, 3.8) is 0 Å². The van der Waals surface area contributed by atoms with Gasteiger partial charge in [-0.15, -0.1) is 0 Å². The van der Waals surface area contributed by atoms with Gasteiger partial charge in [0.1, 0.15) is 5.52 Å². The first-order valence-corrected chi connectivity index (χ1v) is 11.6. The number of amides is 1. The molecule has 2 aromatic carbocycles. The van der Waals surface area contributed by atoms with Crippen LogP contribution in [0.1, 0.15) is 34.3 Å². The number of benzene rings is 2. The van der Waals surface area contributed by atoms with Crippen molar-refractivity contribution in [2.45, 2.75) is 25.7 Å². The summed E-state index contributed by atoms with van der Waals surface area (Å²) in [4.78, 5) is 22.0. The fourth-order valence-electron chi connectivity index (χ4n) is 4.41. The summed E-state index contributed by atoms with van der Waals surface area (Å²) in [5, 5.41) is 1.52. The number of hydrogen-bond acceptors (Lipinski definition) is 5. The van der Waals surface area contributed by atoms with Crippen molar-refractivity contribution in [1.29, 1.82) is 0 Å². The van der Waals surface area contributed by atoms with Gasteiger partial charge in [-0.05, 0) is 61.1 Å². The molecule has 0 bridgehead atoms. The predicted molar refractivity (Wildman–Crippen MR) is 122 cm³/mol. The molecule has 30 heavy (non-hydrogen) atoms. The van der Waals surface area contributed by atoms with Crippen molar-refractivity contribution in [2.24, 2.45) is 0 Å². The lowest BCUT2D eigenvalue weighted by Crippen LogP contribution is -2.48. The molecule has 0 atom stereocenters. The van der Waals surface area contributed by atoms with Gasteiger partial charge in [-0.25, -0.2) is 4.98 Å². The average molecular weight is 442 g/mol. The van der Waals surface area contributed by atoms with Gasteiger partial charge in [-0.3, -0.25) is 4.79 Å². The summed E-state index contributed by atoms with van der Waals surface area (Å²) in [6, 6.07) is 10.1. The topological polar surface area (TPSA) is 45.7 Å². The van der Waals surface area contributed by atoms with Crippen LogP contribution in [0.3, 0.4) is 0 Å². The summed E-state index contributed by atoms with van der Waals surface area (Å²) in [7, 11) is 1.62. The molecule has 156 valence electrons. The minimum Gasteiger partial charge on any atom is -0.493 e. The molecule has 2 aliphatic rings. The van der Waals surface area contributed by atoms with E-state index in [0.29, 0.717) is 23.9 Å². The van der Waals surface area contributed by atoms with Gasteiger partial charge in [0.2, 0.25) is 0 Å². The monoisotopic (exact) mass is 441 g/mol. The second kappa shape index (κ2) is 8.08. The molecule has 7 heteroatoms. The standard InChI is InChI=1S/C23H24ClN3O2S/c1-29-21-18(24)8-9-19-20(21)25-23(30-19)27-12-10-26(11-13-27)22(28)17-7-6-15-4-2-3-5-16(15)14-17/h6-9,14H,2-5,10-13H2,1H3. The van der Waals surface area contributed by atoms with Crippen LogP contribution in [-0.4, -0.2) is 49.1 Å². The Morgan fingerprint density at radius 2 is 1.83 bits per heavy atom. The summed E-state index contributed by atoms with van der Waals surface area (Å²) in [6.45, 7) is 2.94. The fraction of sp³-hybridized carbons (Fsp3) is 0.391. The van der Waals surface area contributed by atoms with Crippen LogP contribution in [0.4, 0.5) is 5.13 Å². The van der Waals surface area contributed by atoms with E-state index in [0.717, 1.165) is 46.8 Å². The van der Waals surface area contributed by atoms with Crippen LogP contribution in [0.15, 0.2) is 30.3 Å². The number of carbonyl (C=O) groups is 1. The Kier molecular flexibility index (Phi) is 5.29. The highest BCUT2D eigenvalue weighted by Crippen LogP contribution is 2.38. The molecule has 0 saturated carbocycles. The largest absolute Gasteiger partial charge is 0.493 e. The van der Waals surface area contributed by atoms with Gasteiger partial charge < -0.3 is 14.5 Å². The summed E-state index contributed by atoms with van der Waals surface area (Å²) in [5.41, 5.74) is 4.39. The Morgan fingerprint density at radius 1 is 1.07 bits per heavy atom. The van der Waals surface area contributed by atoms with Crippen LogP contribution < -0.4 is 9.64 Å². The highest BCUT2D eigenvalue weighted by molar-refractivity contribution is 7.22. The second-order valence-electron chi connectivity index (χ2n) is 7.89. The maximum atomic E-state index is 13.1. The summed E-state index contributed by atoms with van der Waals surface area (Å²) < 4.78 is 6.49. The van der Waals surface area contributed by atoms with Crippen molar-refractivity contribution in [3.8, 4) is 5.75 Å². The number of ether oxygens (including phenoxy) is 1. The van der Waals surface area contributed by atoms with Crippen molar-refractivity contribution < 1.29 is 9.53 Å². The van der Waals surface area contributed by atoms with E-state index in [2.05, 4.69) is 17.0 Å². The number of rotatable bonds is 3. The predicted octanol–water partition coefficient (Wildman–Crippen LogP) is 4.80. The van der Waals surface area contributed by atoms with Crippen molar-refractivity contribution in [3.05, 3.63) is 52.0 Å². The normalized spacial score (nSPS) is 16.6. The van der Waals surface area contributed by atoms with E-state index in [4.69, 9.17) is 21.3 Å². The van der Waals surface area contributed by atoms with E-state index in [1.807, 2.05) is 23.1 Å². The van der Waals surface area contributed by atoms with Gasteiger partial charge in [0.05, 0.1) is 16.8 Å². The van der Waals surface area contributed by atoms with Gasteiger partial charge >= 0.3 is 0 Å². The lowest BCUT2D eigenvalue weighted by atomic mass is 9.90. The number of aromatic nitrogens is 1. The van der Waals surface area contributed by atoms with E-state index in [1.165, 1.54) is 24.0 Å². The third kappa shape index (κ3) is 3.52. The van der Waals surface area contributed by atoms with Crippen LogP contribution >= 0.6 is 22.9 Å². The minimum absolute atomic E-state index is 0.140. The Labute approximate surface area is 185 Å². The summed E-state index contributed by atoms with van der Waals surface area (Å²) >= 11 is 7.87. The SMILES string of the molecule is COc1c(Cl)ccc2sc(N3CCN(C(=O)c4ccc5c(c4)CCCC5)CC3)nc12. The number of thiazole rings is 1. The zero-order valence-corrected chi connectivity index (χ0v) is 18.6. The van der Waals surface area contributed by atoms with Crippen LogP contribution in [0.25, 0.3) is 10.2 Å². The third-order valence-corrected chi connectivity index (χ3v) is 7.47. The number of halogens is 1. The zero-order chi connectivity index (χ0) is 20.7. The number of piperazine rings is 1. The summed E-state index contributed by atoms with van der Waals surface area (Å²) in [6.07, 6.45) is 4.71. The van der Waals surface area contributed by atoms with Crippen LogP contribution in [0.5, 0.6) is 5.75 Å². The zero-order valence-electron chi connectivity index (χ0n) is 17.0.